The minimum atomic E-state index is -4.34. The molecule has 3 N–H and O–H groups in total. The Morgan fingerprint density at radius 2 is 0.977 bits per heavy atom. The average molecular weight is 642 g/mol. The van der Waals surface area contributed by atoms with Gasteiger partial charge in [0.25, 0.3) is 10.1 Å². The van der Waals surface area contributed by atoms with Crippen LogP contribution in [0.15, 0.2) is 24.3 Å². The predicted molar refractivity (Wildman–Crippen MR) is 189 cm³/mol. The number of amides is 1. The van der Waals surface area contributed by atoms with Crippen molar-refractivity contribution in [2.24, 2.45) is 0 Å². The molecular formula is C37H71NO5S. The Balaban J connectivity index is 3.95. The maximum absolute atomic E-state index is 12.4. The van der Waals surface area contributed by atoms with Gasteiger partial charge >= 0.3 is 0 Å². The van der Waals surface area contributed by atoms with Crippen LogP contribution in [0.25, 0.3) is 0 Å². The summed E-state index contributed by atoms with van der Waals surface area (Å²) >= 11 is 0. The van der Waals surface area contributed by atoms with Gasteiger partial charge in [-0.1, -0.05) is 173 Å². The lowest BCUT2D eigenvalue weighted by molar-refractivity contribution is -0.122. The van der Waals surface area contributed by atoms with E-state index in [-0.39, 0.29) is 5.91 Å². The largest absolute Gasteiger partial charge is 0.387 e. The highest BCUT2D eigenvalue weighted by molar-refractivity contribution is 7.85. The molecule has 0 aliphatic heterocycles. The van der Waals surface area contributed by atoms with Crippen molar-refractivity contribution in [1.29, 1.82) is 0 Å². The molecule has 6 nitrogen and oxygen atoms in total. The number of carbonyl (C=O) groups is 1. The Kier molecular flexibility index (Phi) is 30.9. The minimum absolute atomic E-state index is 0.290. The van der Waals surface area contributed by atoms with Crippen LogP contribution in [0.3, 0.4) is 0 Å². The summed E-state index contributed by atoms with van der Waals surface area (Å²) in [4.78, 5) is 12.4. The molecule has 2 atom stereocenters. The summed E-state index contributed by atoms with van der Waals surface area (Å²) < 4.78 is 32.3. The van der Waals surface area contributed by atoms with Gasteiger partial charge in [0, 0.05) is 6.42 Å². The molecule has 2 unspecified atom stereocenters. The van der Waals surface area contributed by atoms with Crippen LogP contribution < -0.4 is 5.32 Å². The van der Waals surface area contributed by atoms with E-state index in [2.05, 4.69) is 31.3 Å². The van der Waals surface area contributed by atoms with Crippen LogP contribution in [-0.2, 0) is 14.9 Å². The molecule has 0 bridgehead atoms. The van der Waals surface area contributed by atoms with Gasteiger partial charge < -0.3 is 10.4 Å². The van der Waals surface area contributed by atoms with Crippen LogP contribution in [-0.4, -0.2) is 41.9 Å². The molecule has 0 aliphatic rings. The van der Waals surface area contributed by atoms with Gasteiger partial charge in [-0.15, -0.1) is 0 Å². The molecule has 0 saturated heterocycles. The molecule has 0 spiro atoms. The standard InChI is InChI=1S/C37H71NO5S/c1-3-5-7-9-11-13-14-15-16-17-18-19-20-21-22-23-25-26-28-30-32-36(39)35(34-44(41,42)43)38-37(40)33-31-29-27-24-12-10-8-6-4-2/h23,25,30,32,35-36,39H,3-22,24,26-29,31,33-34H2,1-2H3,(H,38,40)(H,41,42,43)/b25-23+,32-30+. The van der Waals surface area contributed by atoms with E-state index in [0.29, 0.717) is 6.42 Å². The lowest BCUT2D eigenvalue weighted by atomic mass is 10.0. The van der Waals surface area contributed by atoms with Crippen molar-refractivity contribution in [2.75, 3.05) is 5.75 Å². The van der Waals surface area contributed by atoms with E-state index in [4.69, 9.17) is 0 Å². The van der Waals surface area contributed by atoms with E-state index in [1.807, 2.05) is 6.08 Å². The van der Waals surface area contributed by atoms with Crippen molar-refractivity contribution < 1.29 is 22.9 Å². The number of hydrogen-bond acceptors (Lipinski definition) is 4. The molecule has 0 aromatic rings. The van der Waals surface area contributed by atoms with Crippen molar-refractivity contribution in [2.45, 2.75) is 199 Å². The molecule has 0 aliphatic carbocycles. The van der Waals surface area contributed by atoms with Crippen molar-refractivity contribution in [3.8, 4) is 0 Å². The summed E-state index contributed by atoms with van der Waals surface area (Å²) in [6.45, 7) is 4.48. The van der Waals surface area contributed by atoms with Gasteiger partial charge in [0.15, 0.2) is 0 Å². The first-order valence-electron chi connectivity index (χ1n) is 18.5. The second kappa shape index (κ2) is 31.8. The Labute approximate surface area is 273 Å². The van der Waals surface area contributed by atoms with E-state index < -0.39 is 28.0 Å². The quantitative estimate of drug-likeness (QED) is 0.0376. The number of aliphatic hydroxyl groups excluding tert-OH is 1. The molecule has 0 aromatic heterocycles. The third kappa shape index (κ3) is 32.2. The first kappa shape index (κ1) is 42.8. The van der Waals surface area contributed by atoms with E-state index in [0.717, 1.165) is 38.5 Å². The lowest BCUT2D eigenvalue weighted by Crippen LogP contribution is -2.46. The van der Waals surface area contributed by atoms with Crippen LogP contribution in [0.2, 0.25) is 0 Å². The van der Waals surface area contributed by atoms with Gasteiger partial charge in [-0.05, 0) is 32.1 Å². The topological polar surface area (TPSA) is 104 Å². The Morgan fingerprint density at radius 3 is 1.43 bits per heavy atom. The summed E-state index contributed by atoms with van der Waals surface area (Å²) in [5.41, 5.74) is 0. The van der Waals surface area contributed by atoms with E-state index in [9.17, 15) is 22.9 Å². The van der Waals surface area contributed by atoms with Gasteiger partial charge in [-0.3, -0.25) is 9.35 Å². The van der Waals surface area contributed by atoms with E-state index >= 15 is 0 Å². The molecule has 0 radical (unpaired) electrons. The lowest BCUT2D eigenvalue weighted by Gasteiger charge is -2.21. The monoisotopic (exact) mass is 642 g/mol. The summed E-state index contributed by atoms with van der Waals surface area (Å²) in [5.74, 6) is -0.998. The highest BCUT2D eigenvalue weighted by Gasteiger charge is 2.24. The van der Waals surface area contributed by atoms with E-state index in [1.54, 1.807) is 0 Å². The number of nitrogens with one attached hydrogen (secondary N) is 1. The SMILES string of the molecule is CCCCCCCCCCCCCCCC/C=C/CC/C=C/C(O)C(CS(=O)(=O)O)NC(=O)CCCCCCCCCCC. The van der Waals surface area contributed by atoms with Crippen molar-refractivity contribution in [1.82, 2.24) is 5.32 Å². The van der Waals surface area contributed by atoms with E-state index in [1.165, 1.54) is 134 Å². The number of rotatable bonds is 33. The molecule has 0 aromatic carbocycles. The van der Waals surface area contributed by atoms with Gasteiger partial charge in [0.1, 0.15) is 0 Å². The summed E-state index contributed by atoms with van der Waals surface area (Å²) in [7, 11) is -4.34. The van der Waals surface area contributed by atoms with Gasteiger partial charge in [0.2, 0.25) is 5.91 Å². The molecule has 0 fully saturated rings. The molecule has 0 heterocycles. The molecule has 7 heteroatoms. The fourth-order valence-electron chi connectivity index (χ4n) is 5.58. The molecule has 1 amide bonds. The predicted octanol–water partition coefficient (Wildman–Crippen LogP) is 10.4. The molecule has 0 rings (SSSR count). The zero-order valence-corrected chi connectivity index (χ0v) is 29.6. The number of carbonyl (C=O) groups excluding carboxylic acids is 1. The fourth-order valence-corrected chi connectivity index (χ4v) is 6.32. The third-order valence-corrected chi connectivity index (χ3v) is 9.16. The highest BCUT2D eigenvalue weighted by atomic mass is 32.2. The van der Waals surface area contributed by atoms with Gasteiger partial charge in [-0.2, -0.15) is 8.42 Å². The zero-order valence-electron chi connectivity index (χ0n) is 28.8. The van der Waals surface area contributed by atoms with Crippen molar-refractivity contribution >= 4 is 16.0 Å². The summed E-state index contributed by atoms with van der Waals surface area (Å²) in [5, 5.41) is 13.1. The minimum Gasteiger partial charge on any atom is -0.387 e. The maximum atomic E-state index is 12.4. The maximum Gasteiger partial charge on any atom is 0.267 e. The number of unbranched alkanes of at least 4 members (excludes halogenated alkanes) is 23. The van der Waals surface area contributed by atoms with Crippen molar-refractivity contribution in [3.63, 3.8) is 0 Å². The van der Waals surface area contributed by atoms with Crippen LogP contribution in [0, 0.1) is 0 Å². The highest BCUT2D eigenvalue weighted by Crippen LogP contribution is 2.14. The first-order chi connectivity index (χ1) is 21.3. The van der Waals surface area contributed by atoms with Gasteiger partial charge in [-0.25, -0.2) is 0 Å². The Morgan fingerprint density at radius 1 is 0.591 bits per heavy atom. The summed E-state index contributed by atoms with van der Waals surface area (Å²) in [6, 6.07) is -1.07. The molecule has 0 saturated carbocycles. The smallest absolute Gasteiger partial charge is 0.267 e. The zero-order chi connectivity index (χ0) is 32.6. The van der Waals surface area contributed by atoms with Crippen LogP contribution in [0.4, 0.5) is 0 Å². The molecule has 44 heavy (non-hydrogen) atoms. The van der Waals surface area contributed by atoms with Crippen LogP contribution in [0.1, 0.15) is 187 Å². The Bertz CT molecular complexity index is 796. The Hall–Kier alpha value is -1.18. The third-order valence-electron chi connectivity index (χ3n) is 8.38. The van der Waals surface area contributed by atoms with Crippen molar-refractivity contribution in [3.05, 3.63) is 24.3 Å². The number of aliphatic hydroxyl groups is 1. The second-order valence-electron chi connectivity index (χ2n) is 12.9. The second-order valence-corrected chi connectivity index (χ2v) is 14.4. The normalized spacial score (nSPS) is 13.6. The number of allylic oxidation sites excluding steroid dienone is 3. The molecule has 260 valence electrons. The first-order valence-corrected chi connectivity index (χ1v) is 20.1. The summed E-state index contributed by atoms with van der Waals surface area (Å²) in [6.07, 6.45) is 38.9. The molecular weight excluding hydrogens is 570 g/mol. The average Bonchev–Trinajstić information content (AvgIpc) is 2.98. The van der Waals surface area contributed by atoms with Gasteiger partial charge in [0.05, 0.1) is 17.9 Å². The number of hydrogen-bond donors (Lipinski definition) is 3. The van der Waals surface area contributed by atoms with Crippen LogP contribution >= 0.6 is 0 Å². The fraction of sp³-hybridized carbons (Fsp3) is 0.865. The van der Waals surface area contributed by atoms with Crippen LogP contribution in [0.5, 0.6) is 0 Å².